The smallest absolute Gasteiger partial charge is 0.341 e. The molecule has 2 rings (SSSR count). The molecule has 1 fully saturated rings. The highest BCUT2D eigenvalue weighted by Gasteiger charge is 2.21. The van der Waals surface area contributed by atoms with Crippen molar-refractivity contribution in [2.75, 3.05) is 31.7 Å². The predicted octanol–water partition coefficient (Wildman–Crippen LogP) is 0.964. The molecule has 0 aromatic carbocycles. The maximum absolute atomic E-state index is 11.2. The van der Waals surface area contributed by atoms with Crippen molar-refractivity contribution in [1.29, 1.82) is 0 Å². The molecule has 18 heavy (non-hydrogen) atoms. The van der Waals surface area contributed by atoms with E-state index in [4.69, 9.17) is 9.84 Å². The van der Waals surface area contributed by atoms with Gasteiger partial charge in [0, 0.05) is 32.8 Å². The van der Waals surface area contributed by atoms with E-state index < -0.39 is 5.97 Å². The number of nitrogens with zero attached hydrogens (tertiary/aromatic N) is 3. The van der Waals surface area contributed by atoms with Crippen LogP contribution >= 0.6 is 0 Å². The van der Waals surface area contributed by atoms with Crippen molar-refractivity contribution < 1.29 is 14.6 Å². The van der Waals surface area contributed by atoms with Crippen LogP contribution in [0.1, 0.15) is 29.0 Å². The van der Waals surface area contributed by atoms with Crippen LogP contribution in [0.25, 0.3) is 0 Å². The Hall–Kier alpha value is -1.69. The molecule has 1 N–H and O–H groups in total. The zero-order chi connectivity index (χ0) is 13.0. The number of ether oxygens (including phenoxy) is 1. The van der Waals surface area contributed by atoms with Crippen LogP contribution in [0.3, 0.4) is 0 Å². The van der Waals surface area contributed by atoms with Crippen molar-refractivity contribution in [2.45, 2.75) is 19.3 Å². The largest absolute Gasteiger partial charge is 0.477 e. The lowest BCUT2D eigenvalue weighted by atomic mass is 10.2. The van der Waals surface area contributed by atoms with E-state index in [9.17, 15) is 4.79 Å². The van der Waals surface area contributed by atoms with Gasteiger partial charge in [0.05, 0.1) is 6.61 Å². The van der Waals surface area contributed by atoms with Crippen molar-refractivity contribution in [1.82, 2.24) is 9.97 Å². The second kappa shape index (κ2) is 5.77. The molecule has 0 radical (unpaired) electrons. The van der Waals surface area contributed by atoms with E-state index in [1.165, 1.54) is 6.20 Å². The SMILES string of the molecule is COCCc1ncc(C(=O)O)c(N2CCCC2)n1. The summed E-state index contributed by atoms with van der Waals surface area (Å²) in [6, 6.07) is 0. The van der Waals surface area contributed by atoms with Crippen molar-refractivity contribution in [3.05, 3.63) is 17.6 Å². The van der Waals surface area contributed by atoms with Crippen molar-refractivity contribution in [3.8, 4) is 0 Å². The van der Waals surface area contributed by atoms with Crippen LogP contribution in [0.4, 0.5) is 5.82 Å². The average Bonchev–Trinajstić information content (AvgIpc) is 2.89. The quantitative estimate of drug-likeness (QED) is 0.840. The summed E-state index contributed by atoms with van der Waals surface area (Å²) in [5, 5.41) is 9.16. The van der Waals surface area contributed by atoms with Gasteiger partial charge in [-0.15, -0.1) is 0 Å². The van der Waals surface area contributed by atoms with E-state index in [2.05, 4.69) is 9.97 Å². The molecular weight excluding hydrogens is 234 g/mol. The molecule has 0 saturated carbocycles. The normalized spacial score (nSPS) is 15.1. The summed E-state index contributed by atoms with van der Waals surface area (Å²) in [6.07, 6.45) is 4.15. The van der Waals surface area contributed by atoms with Crippen LogP contribution in [-0.2, 0) is 11.2 Å². The molecule has 0 atom stereocenters. The van der Waals surface area contributed by atoms with Gasteiger partial charge < -0.3 is 14.7 Å². The number of methoxy groups -OCH3 is 1. The lowest BCUT2D eigenvalue weighted by Gasteiger charge is -2.18. The van der Waals surface area contributed by atoms with Gasteiger partial charge in [-0.3, -0.25) is 0 Å². The molecule has 2 heterocycles. The van der Waals surface area contributed by atoms with Crippen LogP contribution in [0.2, 0.25) is 0 Å². The molecule has 0 unspecified atom stereocenters. The number of aromatic carboxylic acids is 1. The predicted molar refractivity (Wildman–Crippen MR) is 66.0 cm³/mol. The minimum atomic E-state index is -0.977. The van der Waals surface area contributed by atoms with Crippen LogP contribution in [0, 0.1) is 0 Å². The summed E-state index contributed by atoms with van der Waals surface area (Å²) in [5.74, 6) is 0.194. The fraction of sp³-hybridized carbons (Fsp3) is 0.583. The maximum atomic E-state index is 11.2. The monoisotopic (exact) mass is 251 g/mol. The van der Waals surface area contributed by atoms with Gasteiger partial charge in [-0.25, -0.2) is 14.8 Å². The minimum absolute atomic E-state index is 0.179. The Kier molecular flexibility index (Phi) is 4.09. The third-order valence-corrected chi connectivity index (χ3v) is 2.98. The van der Waals surface area contributed by atoms with E-state index >= 15 is 0 Å². The Labute approximate surface area is 106 Å². The first kappa shape index (κ1) is 12.8. The molecule has 6 heteroatoms. The van der Waals surface area contributed by atoms with Gasteiger partial charge in [-0.05, 0) is 12.8 Å². The lowest BCUT2D eigenvalue weighted by Crippen LogP contribution is -2.23. The lowest BCUT2D eigenvalue weighted by molar-refractivity contribution is 0.0696. The first-order valence-electron chi connectivity index (χ1n) is 6.05. The molecule has 1 aromatic heterocycles. The molecular formula is C12H17N3O3. The van der Waals surface area contributed by atoms with E-state index in [1.54, 1.807) is 7.11 Å². The zero-order valence-electron chi connectivity index (χ0n) is 10.4. The first-order chi connectivity index (χ1) is 8.72. The summed E-state index contributed by atoms with van der Waals surface area (Å²) in [6.45, 7) is 2.26. The second-order valence-electron chi connectivity index (χ2n) is 4.27. The molecule has 98 valence electrons. The first-order valence-corrected chi connectivity index (χ1v) is 6.05. The van der Waals surface area contributed by atoms with Gasteiger partial charge in [0.15, 0.2) is 0 Å². The number of aromatic nitrogens is 2. The van der Waals surface area contributed by atoms with Crippen molar-refractivity contribution in [3.63, 3.8) is 0 Å². The highest BCUT2D eigenvalue weighted by molar-refractivity contribution is 5.93. The van der Waals surface area contributed by atoms with Gasteiger partial charge in [0.25, 0.3) is 0 Å². The van der Waals surface area contributed by atoms with Gasteiger partial charge >= 0.3 is 5.97 Å². The number of carbonyl (C=O) groups is 1. The Bertz CT molecular complexity index is 431. The molecule has 6 nitrogen and oxygen atoms in total. The topological polar surface area (TPSA) is 75.6 Å². The fourth-order valence-electron chi connectivity index (χ4n) is 2.04. The van der Waals surface area contributed by atoms with Gasteiger partial charge in [0.2, 0.25) is 0 Å². The van der Waals surface area contributed by atoms with Crippen molar-refractivity contribution >= 4 is 11.8 Å². The molecule has 0 spiro atoms. The van der Waals surface area contributed by atoms with E-state index in [1.807, 2.05) is 4.90 Å². The summed E-state index contributed by atoms with van der Waals surface area (Å²) in [4.78, 5) is 21.6. The molecule has 0 bridgehead atoms. The number of hydrogen-bond donors (Lipinski definition) is 1. The van der Waals surface area contributed by atoms with Gasteiger partial charge in [0.1, 0.15) is 17.2 Å². The standard InChI is InChI=1S/C12H17N3O3/c1-18-7-4-10-13-8-9(12(16)17)11(14-10)15-5-2-3-6-15/h8H,2-7H2,1H3,(H,16,17). The number of carboxylic acid groups (broad SMARTS) is 1. The average molecular weight is 251 g/mol. The Morgan fingerprint density at radius 3 is 2.83 bits per heavy atom. The highest BCUT2D eigenvalue weighted by Crippen LogP contribution is 2.22. The summed E-state index contributed by atoms with van der Waals surface area (Å²) < 4.78 is 4.98. The second-order valence-corrected chi connectivity index (χ2v) is 4.27. The van der Waals surface area contributed by atoms with Crippen LogP contribution < -0.4 is 4.90 Å². The molecule has 1 saturated heterocycles. The van der Waals surface area contributed by atoms with Crippen LogP contribution in [0.15, 0.2) is 6.20 Å². The molecule has 0 aliphatic carbocycles. The van der Waals surface area contributed by atoms with E-state index in [-0.39, 0.29) is 5.56 Å². The fourth-order valence-corrected chi connectivity index (χ4v) is 2.04. The van der Waals surface area contributed by atoms with Gasteiger partial charge in [-0.1, -0.05) is 0 Å². The Morgan fingerprint density at radius 2 is 2.22 bits per heavy atom. The number of hydrogen-bond acceptors (Lipinski definition) is 5. The molecule has 0 amide bonds. The number of carboxylic acids is 1. The number of rotatable bonds is 5. The van der Waals surface area contributed by atoms with Crippen LogP contribution in [0.5, 0.6) is 0 Å². The molecule has 1 aliphatic heterocycles. The molecule has 1 aliphatic rings. The zero-order valence-corrected chi connectivity index (χ0v) is 10.4. The Balaban J connectivity index is 2.28. The molecule has 1 aromatic rings. The van der Waals surface area contributed by atoms with E-state index in [0.717, 1.165) is 25.9 Å². The summed E-state index contributed by atoms with van der Waals surface area (Å²) in [7, 11) is 1.62. The highest BCUT2D eigenvalue weighted by atomic mass is 16.5. The van der Waals surface area contributed by atoms with Crippen LogP contribution in [-0.4, -0.2) is 47.8 Å². The van der Waals surface area contributed by atoms with Crippen molar-refractivity contribution in [2.24, 2.45) is 0 Å². The minimum Gasteiger partial charge on any atom is -0.477 e. The van der Waals surface area contributed by atoms with Gasteiger partial charge in [-0.2, -0.15) is 0 Å². The summed E-state index contributed by atoms with van der Waals surface area (Å²) in [5.41, 5.74) is 0.179. The summed E-state index contributed by atoms with van der Waals surface area (Å²) >= 11 is 0. The third-order valence-electron chi connectivity index (χ3n) is 2.98. The Morgan fingerprint density at radius 1 is 1.50 bits per heavy atom. The third kappa shape index (κ3) is 2.76. The van der Waals surface area contributed by atoms with E-state index in [0.29, 0.717) is 24.7 Å². The maximum Gasteiger partial charge on any atom is 0.341 e. The number of anilines is 1.